The van der Waals surface area contributed by atoms with E-state index >= 15 is 0 Å². The molecule has 0 fully saturated rings. The number of benzene rings is 1. The van der Waals surface area contributed by atoms with E-state index in [4.69, 9.17) is 10.2 Å². The van der Waals surface area contributed by atoms with Crippen LogP contribution in [0.4, 0.5) is 0 Å². The highest BCUT2D eigenvalue weighted by atomic mass is 16.3. The Balaban J connectivity index is 1.97. The SMILES string of the molecule is Cc1cc(C(=O)NCc2cccc(CN)c2)co1. The van der Waals surface area contributed by atoms with Crippen molar-refractivity contribution < 1.29 is 9.21 Å². The normalized spacial score (nSPS) is 10.3. The first-order chi connectivity index (χ1) is 8.69. The molecule has 4 nitrogen and oxygen atoms in total. The molecule has 2 aromatic rings. The van der Waals surface area contributed by atoms with E-state index in [9.17, 15) is 4.79 Å². The zero-order valence-electron chi connectivity index (χ0n) is 10.3. The number of rotatable bonds is 4. The summed E-state index contributed by atoms with van der Waals surface area (Å²) in [5.41, 5.74) is 8.20. The van der Waals surface area contributed by atoms with Crippen molar-refractivity contribution in [3.8, 4) is 0 Å². The number of hydrogen-bond donors (Lipinski definition) is 2. The lowest BCUT2D eigenvalue weighted by molar-refractivity contribution is 0.0950. The second-order valence-electron chi connectivity index (χ2n) is 4.15. The Kier molecular flexibility index (Phi) is 3.79. The second kappa shape index (κ2) is 5.51. The molecule has 0 unspecified atom stereocenters. The van der Waals surface area contributed by atoms with Crippen molar-refractivity contribution >= 4 is 5.91 Å². The number of aryl methyl sites for hydroxylation is 1. The molecule has 0 bridgehead atoms. The van der Waals surface area contributed by atoms with E-state index in [-0.39, 0.29) is 5.91 Å². The van der Waals surface area contributed by atoms with Crippen molar-refractivity contribution in [3.05, 3.63) is 59.0 Å². The van der Waals surface area contributed by atoms with Gasteiger partial charge in [-0.2, -0.15) is 0 Å². The zero-order valence-corrected chi connectivity index (χ0v) is 10.3. The topological polar surface area (TPSA) is 68.3 Å². The summed E-state index contributed by atoms with van der Waals surface area (Å²) in [6.45, 7) is 2.79. The predicted octanol–water partition coefficient (Wildman–Crippen LogP) is 1.98. The van der Waals surface area contributed by atoms with Crippen LogP contribution in [0.25, 0.3) is 0 Å². The second-order valence-corrected chi connectivity index (χ2v) is 4.15. The molecular weight excluding hydrogens is 228 g/mol. The monoisotopic (exact) mass is 244 g/mol. The standard InChI is InChI=1S/C14H16N2O2/c1-10-5-13(9-18-10)14(17)16-8-12-4-2-3-11(6-12)7-15/h2-6,9H,7-8,15H2,1H3,(H,16,17). The van der Waals surface area contributed by atoms with Crippen LogP contribution >= 0.6 is 0 Å². The molecule has 0 saturated carbocycles. The number of amides is 1. The molecular formula is C14H16N2O2. The number of carbonyl (C=O) groups is 1. The minimum atomic E-state index is -0.134. The smallest absolute Gasteiger partial charge is 0.254 e. The quantitative estimate of drug-likeness (QED) is 0.864. The fourth-order valence-corrected chi connectivity index (χ4v) is 1.71. The predicted molar refractivity (Wildman–Crippen MR) is 68.9 cm³/mol. The molecule has 0 atom stereocenters. The van der Waals surface area contributed by atoms with Crippen molar-refractivity contribution in [2.75, 3.05) is 0 Å². The molecule has 94 valence electrons. The van der Waals surface area contributed by atoms with Crippen LogP contribution in [-0.4, -0.2) is 5.91 Å². The van der Waals surface area contributed by atoms with Crippen LogP contribution in [0, 0.1) is 6.92 Å². The van der Waals surface area contributed by atoms with Gasteiger partial charge in [-0.1, -0.05) is 24.3 Å². The number of nitrogens with one attached hydrogen (secondary N) is 1. The van der Waals surface area contributed by atoms with Gasteiger partial charge in [0, 0.05) is 13.1 Å². The third-order valence-corrected chi connectivity index (χ3v) is 2.67. The first-order valence-corrected chi connectivity index (χ1v) is 5.80. The maximum Gasteiger partial charge on any atom is 0.254 e. The van der Waals surface area contributed by atoms with E-state index in [0.717, 1.165) is 16.9 Å². The molecule has 3 N–H and O–H groups in total. The highest BCUT2D eigenvalue weighted by Crippen LogP contribution is 2.07. The molecule has 1 amide bonds. The molecule has 0 aliphatic heterocycles. The van der Waals surface area contributed by atoms with Gasteiger partial charge in [0.2, 0.25) is 0 Å². The minimum absolute atomic E-state index is 0.134. The lowest BCUT2D eigenvalue weighted by atomic mass is 10.1. The first-order valence-electron chi connectivity index (χ1n) is 5.80. The molecule has 0 spiro atoms. The third-order valence-electron chi connectivity index (χ3n) is 2.67. The molecule has 1 heterocycles. The van der Waals surface area contributed by atoms with Gasteiger partial charge in [-0.15, -0.1) is 0 Å². The summed E-state index contributed by atoms with van der Waals surface area (Å²) in [7, 11) is 0. The molecule has 1 aromatic heterocycles. The van der Waals surface area contributed by atoms with Crippen LogP contribution in [-0.2, 0) is 13.1 Å². The highest BCUT2D eigenvalue weighted by molar-refractivity contribution is 5.93. The van der Waals surface area contributed by atoms with Crippen molar-refractivity contribution in [2.24, 2.45) is 5.73 Å². The summed E-state index contributed by atoms with van der Waals surface area (Å²) in [6.07, 6.45) is 1.46. The Bertz CT molecular complexity index is 546. The number of carbonyl (C=O) groups excluding carboxylic acids is 1. The molecule has 18 heavy (non-hydrogen) atoms. The molecule has 0 radical (unpaired) electrons. The summed E-state index contributed by atoms with van der Waals surface area (Å²) in [5, 5.41) is 2.84. The van der Waals surface area contributed by atoms with E-state index in [0.29, 0.717) is 18.7 Å². The summed E-state index contributed by atoms with van der Waals surface area (Å²) in [4.78, 5) is 11.8. The van der Waals surface area contributed by atoms with Gasteiger partial charge in [0.1, 0.15) is 12.0 Å². The summed E-state index contributed by atoms with van der Waals surface area (Å²) >= 11 is 0. The van der Waals surface area contributed by atoms with Gasteiger partial charge in [-0.3, -0.25) is 4.79 Å². The molecule has 4 heteroatoms. The van der Waals surface area contributed by atoms with E-state index in [1.54, 1.807) is 6.07 Å². The summed E-state index contributed by atoms with van der Waals surface area (Å²) < 4.78 is 5.10. The average Bonchev–Trinajstić information content (AvgIpc) is 2.83. The van der Waals surface area contributed by atoms with Gasteiger partial charge in [0.15, 0.2) is 0 Å². The van der Waals surface area contributed by atoms with Gasteiger partial charge in [0.05, 0.1) is 5.56 Å². The van der Waals surface area contributed by atoms with E-state index in [2.05, 4.69) is 5.32 Å². The van der Waals surface area contributed by atoms with Gasteiger partial charge in [-0.05, 0) is 24.1 Å². The van der Waals surface area contributed by atoms with Crippen molar-refractivity contribution in [1.29, 1.82) is 0 Å². The first kappa shape index (κ1) is 12.4. The largest absolute Gasteiger partial charge is 0.469 e. The Hall–Kier alpha value is -2.07. The molecule has 2 rings (SSSR count). The average molecular weight is 244 g/mol. The summed E-state index contributed by atoms with van der Waals surface area (Å²) in [5.74, 6) is 0.593. The van der Waals surface area contributed by atoms with Crippen LogP contribution in [0.15, 0.2) is 41.0 Å². The van der Waals surface area contributed by atoms with E-state index < -0.39 is 0 Å². The fraction of sp³-hybridized carbons (Fsp3) is 0.214. The Morgan fingerprint density at radius 3 is 2.78 bits per heavy atom. The van der Waals surface area contributed by atoms with Crippen molar-refractivity contribution in [2.45, 2.75) is 20.0 Å². The van der Waals surface area contributed by atoms with Crippen LogP contribution < -0.4 is 11.1 Å². The molecule has 0 aliphatic rings. The minimum Gasteiger partial charge on any atom is -0.469 e. The molecule has 0 saturated heterocycles. The highest BCUT2D eigenvalue weighted by Gasteiger charge is 2.07. The van der Waals surface area contributed by atoms with Gasteiger partial charge in [-0.25, -0.2) is 0 Å². The Labute approximate surface area is 106 Å². The maximum absolute atomic E-state index is 11.8. The van der Waals surface area contributed by atoms with Gasteiger partial charge < -0.3 is 15.5 Å². The van der Waals surface area contributed by atoms with Crippen LogP contribution in [0.1, 0.15) is 27.2 Å². The summed E-state index contributed by atoms with van der Waals surface area (Å²) in [6, 6.07) is 9.56. The maximum atomic E-state index is 11.8. The van der Waals surface area contributed by atoms with Crippen LogP contribution in [0.5, 0.6) is 0 Å². The fourth-order valence-electron chi connectivity index (χ4n) is 1.71. The lowest BCUT2D eigenvalue weighted by Gasteiger charge is -2.05. The van der Waals surface area contributed by atoms with Crippen molar-refractivity contribution in [1.82, 2.24) is 5.32 Å². The Morgan fingerprint density at radius 2 is 2.11 bits per heavy atom. The van der Waals surface area contributed by atoms with Crippen LogP contribution in [0.3, 0.4) is 0 Å². The molecule has 0 aliphatic carbocycles. The van der Waals surface area contributed by atoms with E-state index in [1.165, 1.54) is 6.26 Å². The number of hydrogen-bond acceptors (Lipinski definition) is 3. The zero-order chi connectivity index (χ0) is 13.0. The Morgan fingerprint density at radius 1 is 1.33 bits per heavy atom. The number of nitrogens with two attached hydrogens (primary N) is 1. The van der Waals surface area contributed by atoms with Gasteiger partial charge in [0.25, 0.3) is 5.91 Å². The van der Waals surface area contributed by atoms with Gasteiger partial charge >= 0.3 is 0 Å². The van der Waals surface area contributed by atoms with Crippen LogP contribution in [0.2, 0.25) is 0 Å². The van der Waals surface area contributed by atoms with Crippen molar-refractivity contribution in [3.63, 3.8) is 0 Å². The third kappa shape index (κ3) is 2.99. The van der Waals surface area contributed by atoms with E-state index in [1.807, 2.05) is 31.2 Å². The lowest BCUT2D eigenvalue weighted by Crippen LogP contribution is -2.22. The number of furan rings is 1. The molecule has 1 aromatic carbocycles.